The first kappa shape index (κ1) is 12.6. The predicted octanol–water partition coefficient (Wildman–Crippen LogP) is 3.59. The largest absolute Gasteiger partial charge is 0.332 e. The molecule has 3 rings (SSSR count). The average molecular weight is 394 g/mol. The third kappa shape index (κ3) is 1.83. The lowest BCUT2D eigenvalue weighted by atomic mass is 10.0. The zero-order valence-electron chi connectivity index (χ0n) is 9.36. The molecule has 2 aliphatic heterocycles. The van der Waals surface area contributed by atoms with Gasteiger partial charge >= 0.3 is 6.03 Å². The second-order valence-electron chi connectivity index (χ2n) is 4.37. The minimum absolute atomic E-state index is 0.0825. The van der Waals surface area contributed by atoms with Crippen LogP contribution in [0.25, 0.3) is 0 Å². The first-order valence-electron chi connectivity index (χ1n) is 5.69. The van der Waals surface area contributed by atoms with E-state index >= 15 is 0 Å². The lowest BCUT2D eigenvalue weighted by molar-refractivity contribution is -0.120. The van der Waals surface area contributed by atoms with Crippen LogP contribution in [0.15, 0.2) is 14.3 Å². The number of amides is 3. The first-order valence-corrected chi connectivity index (χ1v) is 8.09. The number of hydrogen-bond acceptors (Lipinski definition) is 3. The van der Waals surface area contributed by atoms with Gasteiger partial charge in [-0.05, 0) is 57.2 Å². The molecule has 0 aromatic carbocycles. The van der Waals surface area contributed by atoms with Gasteiger partial charge in [0.1, 0.15) is 11.0 Å². The van der Waals surface area contributed by atoms with E-state index in [-0.39, 0.29) is 18.0 Å². The molecule has 2 saturated heterocycles. The SMILES string of the molecule is O=C1C2CCCCN2C(=O)N1c1cc(Br)c(Br)s1. The van der Waals surface area contributed by atoms with Crippen molar-refractivity contribution in [3.8, 4) is 0 Å². The number of hydrogen-bond donors (Lipinski definition) is 0. The zero-order valence-corrected chi connectivity index (χ0v) is 13.3. The number of fused-ring (bicyclic) bond motifs is 1. The standard InChI is InChI=1S/C11H10Br2N2O2S/c12-6-5-8(18-9(6)13)15-10(16)7-3-1-2-4-14(7)11(15)17/h5,7H,1-4H2. The summed E-state index contributed by atoms with van der Waals surface area (Å²) in [5, 5.41) is 0.679. The number of urea groups is 1. The number of halogens is 2. The Morgan fingerprint density at radius 3 is 2.67 bits per heavy atom. The molecule has 1 unspecified atom stereocenters. The smallest absolute Gasteiger partial charge is 0.312 e. The molecule has 0 radical (unpaired) electrons. The summed E-state index contributed by atoms with van der Waals surface area (Å²) in [6.07, 6.45) is 2.79. The fourth-order valence-electron chi connectivity index (χ4n) is 2.44. The molecule has 1 aromatic rings. The van der Waals surface area contributed by atoms with Crippen molar-refractivity contribution < 1.29 is 9.59 Å². The van der Waals surface area contributed by atoms with Gasteiger partial charge in [0.2, 0.25) is 0 Å². The minimum Gasteiger partial charge on any atom is -0.312 e. The lowest BCUT2D eigenvalue weighted by Crippen LogP contribution is -2.38. The molecule has 0 bridgehead atoms. The average Bonchev–Trinajstić information content (AvgIpc) is 2.80. The molecule has 7 heteroatoms. The maximum atomic E-state index is 12.3. The van der Waals surface area contributed by atoms with Crippen LogP contribution in [0, 0.1) is 0 Å². The summed E-state index contributed by atoms with van der Waals surface area (Å²) in [4.78, 5) is 27.6. The number of piperidine rings is 1. The third-order valence-corrected chi connectivity index (χ3v) is 6.54. The van der Waals surface area contributed by atoms with Gasteiger partial charge in [-0.1, -0.05) is 0 Å². The summed E-state index contributed by atoms with van der Waals surface area (Å²) in [5.74, 6) is -0.0825. The van der Waals surface area contributed by atoms with Crippen molar-refractivity contribution in [1.82, 2.24) is 4.90 Å². The van der Waals surface area contributed by atoms with E-state index < -0.39 is 0 Å². The summed E-state index contributed by atoms with van der Waals surface area (Å²) in [5.41, 5.74) is 0. The quantitative estimate of drug-likeness (QED) is 0.684. The second-order valence-corrected chi connectivity index (χ2v) is 7.57. The molecule has 1 atom stereocenters. The fraction of sp³-hybridized carbons (Fsp3) is 0.455. The Morgan fingerprint density at radius 2 is 2.06 bits per heavy atom. The van der Waals surface area contributed by atoms with Crippen molar-refractivity contribution in [1.29, 1.82) is 0 Å². The van der Waals surface area contributed by atoms with E-state index in [0.29, 0.717) is 11.5 Å². The van der Waals surface area contributed by atoms with Gasteiger partial charge in [0.05, 0.1) is 3.79 Å². The highest BCUT2D eigenvalue weighted by Gasteiger charge is 2.47. The Morgan fingerprint density at radius 1 is 1.28 bits per heavy atom. The van der Waals surface area contributed by atoms with Crippen LogP contribution in [0.4, 0.5) is 9.80 Å². The zero-order chi connectivity index (χ0) is 12.9. The fourth-order valence-corrected chi connectivity index (χ4v) is 4.44. The number of carbonyl (C=O) groups excluding carboxylic acids is 2. The Balaban J connectivity index is 1.97. The topological polar surface area (TPSA) is 40.6 Å². The van der Waals surface area contributed by atoms with Gasteiger partial charge in [0.25, 0.3) is 5.91 Å². The summed E-state index contributed by atoms with van der Waals surface area (Å²) >= 11 is 8.16. The van der Waals surface area contributed by atoms with Crippen LogP contribution < -0.4 is 4.90 Å². The second kappa shape index (κ2) is 4.61. The van der Waals surface area contributed by atoms with Crippen molar-refractivity contribution >= 4 is 60.1 Å². The number of rotatable bonds is 1. The van der Waals surface area contributed by atoms with Gasteiger partial charge < -0.3 is 4.90 Å². The normalized spacial score (nSPS) is 23.8. The van der Waals surface area contributed by atoms with Crippen molar-refractivity contribution in [2.24, 2.45) is 0 Å². The molecule has 18 heavy (non-hydrogen) atoms. The van der Waals surface area contributed by atoms with Crippen LogP contribution in [0.1, 0.15) is 19.3 Å². The van der Waals surface area contributed by atoms with Crippen molar-refractivity contribution in [2.45, 2.75) is 25.3 Å². The van der Waals surface area contributed by atoms with Crippen LogP contribution in [0.2, 0.25) is 0 Å². The number of thiophene rings is 1. The summed E-state index contributed by atoms with van der Waals surface area (Å²) in [6, 6.07) is 1.39. The van der Waals surface area contributed by atoms with Gasteiger partial charge in [-0.2, -0.15) is 0 Å². The van der Waals surface area contributed by atoms with Crippen molar-refractivity contribution in [3.63, 3.8) is 0 Å². The van der Waals surface area contributed by atoms with E-state index in [9.17, 15) is 9.59 Å². The van der Waals surface area contributed by atoms with Crippen LogP contribution in [-0.2, 0) is 4.79 Å². The van der Waals surface area contributed by atoms with E-state index in [1.54, 1.807) is 4.90 Å². The van der Waals surface area contributed by atoms with Crippen LogP contribution in [0.3, 0.4) is 0 Å². The van der Waals surface area contributed by atoms with Gasteiger partial charge in [0, 0.05) is 11.0 Å². The van der Waals surface area contributed by atoms with Crippen LogP contribution in [-0.4, -0.2) is 29.4 Å². The van der Waals surface area contributed by atoms with Crippen molar-refractivity contribution in [3.05, 3.63) is 14.3 Å². The van der Waals surface area contributed by atoms with Crippen molar-refractivity contribution in [2.75, 3.05) is 11.4 Å². The summed E-state index contributed by atoms with van der Waals surface area (Å²) < 4.78 is 1.76. The Hall–Kier alpha value is -0.400. The molecule has 0 aliphatic carbocycles. The highest BCUT2D eigenvalue weighted by Crippen LogP contribution is 2.40. The number of imide groups is 1. The highest BCUT2D eigenvalue weighted by atomic mass is 79.9. The van der Waals surface area contributed by atoms with Gasteiger partial charge in [-0.3, -0.25) is 4.79 Å². The summed E-state index contributed by atoms with van der Waals surface area (Å²) in [7, 11) is 0. The molecule has 0 N–H and O–H groups in total. The molecule has 2 fully saturated rings. The molecular formula is C11H10Br2N2O2S. The molecule has 4 nitrogen and oxygen atoms in total. The number of anilines is 1. The highest BCUT2D eigenvalue weighted by molar-refractivity contribution is 9.13. The maximum absolute atomic E-state index is 12.3. The lowest BCUT2D eigenvalue weighted by Gasteiger charge is -2.25. The van der Waals surface area contributed by atoms with E-state index in [1.165, 1.54) is 16.2 Å². The molecule has 0 spiro atoms. The molecule has 2 aliphatic rings. The molecule has 3 heterocycles. The monoisotopic (exact) mass is 392 g/mol. The molecular weight excluding hydrogens is 384 g/mol. The Bertz CT molecular complexity index is 488. The summed E-state index contributed by atoms with van der Waals surface area (Å²) in [6.45, 7) is 0.694. The molecule has 1 aromatic heterocycles. The van der Waals surface area contributed by atoms with Crippen LogP contribution in [0.5, 0.6) is 0 Å². The predicted molar refractivity (Wildman–Crippen MR) is 76.9 cm³/mol. The number of nitrogens with zero attached hydrogens (tertiary/aromatic N) is 2. The molecule has 3 amide bonds. The third-order valence-electron chi connectivity index (χ3n) is 3.30. The van der Waals surface area contributed by atoms with E-state index in [0.717, 1.165) is 27.5 Å². The van der Waals surface area contributed by atoms with E-state index in [1.807, 2.05) is 6.07 Å². The molecule has 0 saturated carbocycles. The number of carbonyl (C=O) groups is 2. The van der Waals surface area contributed by atoms with Gasteiger partial charge in [0.15, 0.2) is 0 Å². The first-order chi connectivity index (χ1) is 8.59. The van der Waals surface area contributed by atoms with E-state index in [4.69, 9.17) is 0 Å². The minimum atomic E-state index is -0.245. The van der Waals surface area contributed by atoms with Crippen LogP contribution >= 0.6 is 43.2 Å². The Kier molecular flexibility index (Phi) is 3.23. The van der Waals surface area contributed by atoms with E-state index in [2.05, 4.69) is 31.9 Å². The van der Waals surface area contributed by atoms with Gasteiger partial charge in [-0.15, -0.1) is 11.3 Å². The Labute approximate surface area is 125 Å². The van der Waals surface area contributed by atoms with Gasteiger partial charge in [-0.25, -0.2) is 9.69 Å². The maximum Gasteiger partial charge on any atom is 0.332 e. The molecule has 96 valence electrons.